The Balaban J connectivity index is 0.000000494. The molecule has 1 rings (SSSR count). The van der Waals surface area contributed by atoms with E-state index in [1.54, 1.807) is 0 Å². The standard InChI is InChI=1S/C11H20N2.CH4O3S/c1-3-5-6-7-8-11-12-9-10-13(11)4-2;1-5(2,3)4/h9-10H,3-8H2,1-2H3;1H3,(H,2,3,4). The first-order valence-corrected chi connectivity index (χ1v) is 8.16. The highest BCUT2D eigenvalue weighted by molar-refractivity contribution is 7.84. The lowest BCUT2D eigenvalue weighted by atomic mass is 10.1. The van der Waals surface area contributed by atoms with Gasteiger partial charge >= 0.3 is 0 Å². The van der Waals surface area contributed by atoms with Crippen molar-refractivity contribution in [2.24, 2.45) is 0 Å². The van der Waals surface area contributed by atoms with Gasteiger partial charge in [0.15, 0.2) is 0 Å². The van der Waals surface area contributed by atoms with Gasteiger partial charge in [0.1, 0.15) is 12.4 Å². The van der Waals surface area contributed by atoms with Crippen molar-refractivity contribution in [1.29, 1.82) is 0 Å². The van der Waals surface area contributed by atoms with Crippen molar-refractivity contribution in [2.45, 2.75) is 52.5 Å². The molecule has 0 bridgehead atoms. The topological polar surface area (TPSA) is 76.9 Å². The lowest BCUT2D eigenvalue weighted by Gasteiger charge is -1.97. The quantitative estimate of drug-likeness (QED) is 0.487. The molecular formula is C12H24N2O3S. The van der Waals surface area contributed by atoms with Gasteiger partial charge in [-0.1, -0.05) is 26.2 Å². The zero-order valence-electron chi connectivity index (χ0n) is 11.5. The molecule has 0 amide bonds. The second kappa shape index (κ2) is 9.10. The highest BCUT2D eigenvalue weighted by Gasteiger charge is 2.06. The summed E-state index contributed by atoms with van der Waals surface area (Å²) in [5.41, 5.74) is 0. The normalized spacial score (nSPS) is 10.9. The SMILES string of the molecule is CCCCCCc1[nH]cc[n+]1CC.CS(=O)(=O)[O-]. The molecule has 1 aromatic heterocycles. The van der Waals surface area contributed by atoms with Gasteiger partial charge in [-0.05, 0) is 13.3 Å². The molecule has 0 aliphatic carbocycles. The summed E-state index contributed by atoms with van der Waals surface area (Å²) < 4.78 is 29.5. The van der Waals surface area contributed by atoms with E-state index in [-0.39, 0.29) is 0 Å². The summed E-state index contributed by atoms with van der Waals surface area (Å²) in [7, 11) is -3.92. The smallest absolute Gasteiger partial charge is 0.254 e. The third-order valence-corrected chi connectivity index (χ3v) is 2.46. The number of rotatable bonds is 6. The molecule has 0 aromatic carbocycles. The van der Waals surface area contributed by atoms with E-state index in [9.17, 15) is 0 Å². The van der Waals surface area contributed by atoms with Crippen molar-refractivity contribution in [2.75, 3.05) is 6.26 Å². The molecular weight excluding hydrogens is 252 g/mol. The minimum absolute atomic E-state index is 0.604. The third-order valence-electron chi connectivity index (χ3n) is 2.46. The maximum absolute atomic E-state index is 9.08. The predicted molar refractivity (Wildman–Crippen MR) is 70.1 cm³/mol. The predicted octanol–water partition coefficient (Wildman–Crippen LogP) is 1.61. The average Bonchev–Trinajstić information content (AvgIpc) is 2.69. The van der Waals surface area contributed by atoms with Crippen LogP contribution in [0, 0.1) is 0 Å². The molecule has 0 spiro atoms. The lowest BCUT2D eigenvalue weighted by molar-refractivity contribution is -0.699. The van der Waals surface area contributed by atoms with Crippen LogP contribution < -0.4 is 4.57 Å². The van der Waals surface area contributed by atoms with Gasteiger partial charge in [-0.3, -0.25) is 0 Å². The first-order chi connectivity index (χ1) is 8.38. The van der Waals surface area contributed by atoms with E-state index in [4.69, 9.17) is 13.0 Å². The van der Waals surface area contributed by atoms with Crippen molar-refractivity contribution in [3.8, 4) is 0 Å². The van der Waals surface area contributed by atoms with Crippen LogP contribution in [0.2, 0.25) is 0 Å². The largest absolute Gasteiger partial charge is 0.748 e. The van der Waals surface area contributed by atoms with Crippen molar-refractivity contribution in [1.82, 2.24) is 4.98 Å². The summed E-state index contributed by atoms with van der Waals surface area (Å²) in [6.07, 6.45) is 11.3. The van der Waals surface area contributed by atoms with E-state index in [1.165, 1.54) is 37.9 Å². The van der Waals surface area contributed by atoms with Crippen LogP contribution >= 0.6 is 0 Å². The molecule has 0 saturated heterocycles. The van der Waals surface area contributed by atoms with Gasteiger partial charge in [0.25, 0.3) is 5.82 Å². The minimum Gasteiger partial charge on any atom is -0.748 e. The van der Waals surface area contributed by atoms with Gasteiger partial charge < -0.3 is 4.55 Å². The van der Waals surface area contributed by atoms with Crippen LogP contribution in [-0.2, 0) is 23.1 Å². The number of hydrogen-bond acceptors (Lipinski definition) is 3. The average molecular weight is 276 g/mol. The molecule has 106 valence electrons. The van der Waals surface area contributed by atoms with Crippen LogP contribution in [0.4, 0.5) is 0 Å². The molecule has 18 heavy (non-hydrogen) atoms. The molecule has 6 heteroatoms. The molecule has 0 aliphatic heterocycles. The Hall–Kier alpha value is -0.880. The Morgan fingerprint density at radius 1 is 1.28 bits per heavy atom. The number of nitrogens with one attached hydrogen (secondary N) is 1. The van der Waals surface area contributed by atoms with Gasteiger partial charge in [-0.15, -0.1) is 0 Å². The van der Waals surface area contributed by atoms with Gasteiger partial charge in [0, 0.05) is 12.7 Å². The van der Waals surface area contributed by atoms with Crippen LogP contribution in [0.15, 0.2) is 12.4 Å². The summed E-state index contributed by atoms with van der Waals surface area (Å²) in [6, 6.07) is 0. The van der Waals surface area contributed by atoms with E-state index in [2.05, 4.69) is 29.6 Å². The molecule has 0 aliphatic rings. The van der Waals surface area contributed by atoms with E-state index >= 15 is 0 Å². The molecule has 0 atom stereocenters. The summed E-state index contributed by atoms with van der Waals surface area (Å²) in [5.74, 6) is 1.37. The Bertz CT molecular complexity index is 405. The fraction of sp³-hybridized carbons (Fsp3) is 0.750. The first-order valence-electron chi connectivity index (χ1n) is 6.35. The number of nitrogens with zero attached hydrogens (tertiary/aromatic N) is 1. The number of aromatic amines is 1. The second-order valence-corrected chi connectivity index (χ2v) is 5.62. The van der Waals surface area contributed by atoms with Crippen molar-refractivity contribution in [3.05, 3.63) is 18.2 Å². The van der Waals surface area contributed by atoms with Crippen LogP contribution in [0.3, 0.4) is 0 Å². The van der Waals surface area contributed by atoms with Gasteiger partial charge in [-0.25, -0.2) is 18.0 Å². The van der Waals surface area contributed by atoms with Gasteiger partial charge in [0.05, 0.1) is 16.7 Å². The number of aromatic nitrogens is 2. The molecule has 1 N–H and O–H groups in total. The second-order valence-electron chi connectivity index (χ2n) is 4.21. The number of hydrogen-bond donors (Lipinski definition) is 1. The monoisotopic (exact) mass is 276 g/mol. The molecule has 0 saturated carbocycles. The van der Waals surface area contributed by atoms with E-state index in [1.807, 2.05) is 6.20 Å². The molecule has 5 nitrogen and oxygen atoms in total. The van der Waals surface area contributed by atoms with E-state index in [0.717, 1.165) is 6.54 Å². The molecule has 0 unspecified atom stereocenters. The fourth-order valence-electron chi connectivity index (χ4n) is 1.63. The van der Waals surface area contributed by atoms with E-state index in [0.29, 0.717) is 6.26 Å². The van der Waals surface area contributed by atoms with Gasteiger partial charge in [-0.2, -0.15) is 0 Å². The van der Waals surface area contributed by atoms with Crippen LogP contribution in [-0.4, -0.2) is 24.2 Å². The molecule has 1 aromatic rings. The van der Waals surface area contributed by atoms with Crippen LogP contribution in [0.25, 0.3) is 0 Å². The summed E-state index contributed by atoms with van der Waals surface area (Å²) in [4.78, 5) is 3.30. The van der Waals surface area contributed by atoms with E-state index < -0.39 is 10.1 Å². The number of H-pyrrole nitrogens is 1. The Labute approximate surface area is 110 Å². The highest BCUT2D eigenvalue weighted by Crippen LogP contribution is 2.02. The van der Waals surface area contributed by atoms with Gasteiger partial charge in [0.2, 0.25) is 0 Å². The number of imidazole rings is 1. The maximum atomic E-state index is 9.08. The zero-order valence-corrected chi connectivity index (χ0v) is 12.3. The number of unbranched alkanes of at least 4 members (excludes halogenated alkanes) is 3. The third kappa shape index (κ3) is 10.3. The molecule has 0 radical (unpaired) electrons. The van der Waals surface area contributed by atoms with Crippen molar-refractivity contribution < 1.29 is 17.5 Å². The molecule has 1 heterocycles. The highest BCUT2D eigenvalue weighted by atomic mass is 32.2. The summed E-state index contributed by atoms with van der Waals surface area (Å²) in [5, 5.41) is 0. The number of aryl methyl sites for hydroxylation is 2. The van der Waals surface area contributed by atoms with Crippen LogP contribution in [0.1, 0.15) is 45.4 Å². The van der Waals surface area contributed by atoms with Crippen molar-refractivity contribution >= 4 is 10.1 Å². The molecule has 0 fully saturated rings. The fourth-order valence-corrected chi connectivity index (χ4v) is 1.63. The van der Waals surface area contributed by atoms with Crippen LogP contribution in [0.5, 0.6) is 0 Å². The Kier molecular flexibility index (Phi) is 8.66. The summed E-state index contributed by atoms with van der Waals surface area (Å²) >= 11 is 0. The summed E-state index contributed by atoms with van der Waals surface area (Å²) in [6.45, 7) is 5.51. The Morgan fingerprint density at radius 2 is 1.89 bits per heavy atom. The maximum Gasteiger partial charge on any atom is 0.254 e. The zero-order chi connectivity index (χ0) is 14.0. The minimum atomic E-state index is -3.92. The Morgan fingerprint density at radius 3 is 2.39 bits per heavy atom. The van der Waals surface area contributed by atoms with Crippen molar-refractivity contribution in [3.63, 3.8) is 0 Å². The lowest BCUT2D eigenvalue weighted by Crippen LogP contribution is -2.34. The first kappa shape index (κ1) is 17.1.